The SMILES string of the molecule is Cc1ccc(/C=C/C(=O)c2ccccc2C#CC(C)(C)C)cc1. The van der Waals surface area contributed by atoms with Gasteiger partial charge in [0.15, 0.2) is 5.78 Å². The van der Waals surface area contributed by atoms with Crippen LogP contribution in [0.25, 0.3) is 6.08 Å². The van der Waals surface area contributed by atoms with Gasteiger partial charge in [-0.05, 0) is 51.5 Å². The van der Waals surface area contributed by atoms with Crippen LogP contribution in [0.4, 0.5) is 0 Å². The van der Waals surface area contributed by atoms with Gasteiger partial charge in [-0.15, -0.1) is 0 Å². The summed E-state index contributed by atoms with van der Waals surface area (Å²) in [7, 11) is 0. The van der Waals surface area contributed by atoms with E-state index in [4.69, 9.17) is 0 Å². The molecule has 0 fully saturated rings. The first kappa shape index (κ1) is 16.8. The molecule has 0 N–H and O–H groups in total. The Hall–Kier alpha value is -2.59. The molecule has 0 radical (unpaired) electrons. The molecule has 0 saturated carbocycles. The van der Waals surface area contributed by atoms with Gasteiger partial charge in [0.2, 0.25) is 0 Å². The summed E-state index contributed by atoms with van der Waals surface area (Å²) in [5, 5.41) is 0. The molecule has 2 rings (SSSR count). The van der Waals surface area contributed by atoms with Crippen LogP contribution < -0.4 is 0 Å². The molecule has 0 aliphatic heterocycles. The first-order valence-corrected chi connectivity index (χ1v) is 7.76. The second-order valence-electron chi connectivity index (χ2n) is 6.65. The Bertz CT molecular complexity index is 775. The van der Waals surface area contributed by atoms with Gasteiger partial charge in [0, 0.05) is 16.5 Å². The Balaban J connectivity index is 2.25. The molecule has 1 nitrogen and oxygen atoms in total. The summed E-state index contributed by atoms with van der Waals surface area (Å²) < 4.78 is 0. The number of ketones is 1. The highest BCUT2D eigenvalue weighted by Crippen LogP contribution is 2.14. The van der Waals surface area contributed by atoms with E-state index in [1.165, 1.54) is 5.56 Å². The Morgan fingerprint density at radius 1 is 1.00 bits per heavy atom. The highest BCUT2D eigenvalue weighted by molar-refractivity contribution is 6.08. The number of allylic oxidation sites excluding steroid dienone is 1. The standard InChI is InChI=1S/C22H22O/c1-17-9-11-18(12-10-17)13-14-21(23)20-8-6-5-7-19(20)15-16-22(2,3)4/h5-14H,1-4H3/b14-13+. The molecular weight excluding hydrogens is 280 g/mol. The third-order valence-electron chi connectivity index (χ3n) is 3.27. The maximum atomic E-state index is 12.5. The van der Waals surface area contributed by atoms with Gasteiger partial charge in [0.1, 0.15) is 0 Å². The van der Waals surface area contributed by atoms with Crippen LogP contribution in [0.1, 0.15) is 47.8 Å². The van der Waals surface area contributed by atoms with Crippen LogP contribution in [0, 0.1) is 24.2 Å². The van der Waals surface area contributed by atoms with Crippen LogP contribution in [0.2, 0.25) is 0 Å². The molecule has 2 aromatic carbocycles. The number of benzene rings is 2. The Morgan fingerprint density at radius 2 is 1.65 bits per heavy atom. The Labute approximate surface area is 139 Å². The van der Waals surface area contributed by atoms with E-state index in [2.05, 4.69) is 32.6 Å². The predicted octanol–water partition coefficient (Wildman–Crippen LogP) is 5.29. The highest BCUT2D eigenvalue weighted by atomic mass is 16.1. The van der Waals surface area contributed by atoms with Crippen LogP contribution in [0.3, 0.4) is 0 Å². The summed E-state index contributed by atoms with van der Waals surface area (Å²) in [5.41, 5.74) is 3.56. The van der Waals surface area contributed by atoms with Crippen LogP contribution in [-0.4, -0.2) is 5.78 Å². The molecule has 0 atom stereocenters. The van der Waals surface area contributed by atoms with Crippen LogP contribution >= 0.6 is 0 Å². The second kappa shape index (κ2) is 7.11. The average molecular weight is 302 g/mol. The summed E-state index contributed by atoms with van der Waals surface area (Å²) in [6.45, 7) is 8.22. The van der Waals surface area contributed by atoms with Crippen molar-refractivity contribution in [1.82, 2.24) is 0 Å². The van der Waals surface area contributed by atoms with Gasteiger partial charge in [-0.1, -0.05) is 59.9 Å². The van der Waals surface area contributed by atoms with E-state index >= 15 is 0 Å². The summed E-state index contributed by atoms with van der Waals surface area (Å²) in [6.07, 6.45) is 3.46. The van der Waals surface area contributed by atoms with Gasteiger partial charge in [0.25, 0.3) is 0 Å². The van der Waals surface area contributed by atoms with Crippen LogP contribution in [0.15, 0.2) is 54.6 Å². The number of carbonyl (C=O) groups is 1. The van der Waals surface area contributed by atoms with E-state index in [1.807, 2.05) is 61.5 Å². The van der Waals surface area contributed by atoms with E-state index in [9.17, 15) is 4.79 Å². The topological polar surface area (TPSA) is 17.1 Å². The minimum atomic E-state index is -0.0894. The van der Waals surface area contributed by atoms with Crippen molar-refractivity contribution in [3.63, 3.8) is 0 Å². The third-order valence-corrected chi connectivity index (χ3v) is 3.27. The lowest BCUT2D eigenvalue weighted by molar-refractivity contribution is 0.104. The molecule has 2 aromatic rings. The van der Waals surface area contributed by atoms with Crippen molar-refractivity contribution in [1.29, 1.82) is 0 Å². The highest BCUT2D eigenvalue weighted by Gasteiger charge is 2.08. The first-order chi connectivity index (χ1) is 10.8. The van der Waals surface area contributed by atoms with E-state index in [-0.39, 0.29) is 11.2 Å². The van der Waals surface area contributed by atoms with E-state index < -0.39 is 0 Å². The summed E-state index contributed by atoms with van der Waals surface area (Å²) in [5.74, 6) is 6.30. The van der Waals surface area contributed by atoms with Gasteiger partial charge in [-0.25, -0.2) is 0 Å². The summed E-state index contributed by atoms with van der Waals surface area (Å²) in [6, 6.07) is 15.6. The molecular formula is C22H22O. The number of rotatable bonds is 3. The molecule has 0 spiro atoms. The van der Waals surface area contributed by atoms with Crippen molar-refractivity contribution in [3.05, 3.63) is 76.9 Å². The maximum Gasteiger partial charge on any atom is 0.187 e. The average Bonchev–Trinajstić information content (AvgIpc) is 2.52. The monoisotopic (exact) mass is 302 g/mol. The minimum absolute atomic E-state index is 0.0237. The van der Waals surface area contributed by atoms with Crippen molar-refractivity contribution >= 4 is 11.9 Å². The van der Waals surface area contributed by atoms with E-state index in [1.54, 1.807) is 6.08 Å². The van der Waals surface area contributed by atoms with Crippen molar-refractivity contribution < 1.29 is 4.79 Å². The Morgan fingerprint density at radius 3 is 2.30 bits per heavy atom. The number of hydrogen-bond acceptors (Lipinski definition) is 1. The lowest BCUT2D eigenvalue weighted by Gasteiger charge is -2.07. The first-order valence-electron chi connectivity index (χ1n) is 7.76. The number of hydrogen-bond donors (Lipinski definition) is 0. The fourth-order valence-corrected chi connectivity index (χ4v) is 2.00. The van der Waals surface area contributed by atoms with Gasteiger partial charge in [-0.2, -0.15) is 0 Å². The number of aryl methyl sites for hydroxylation is 1. The van der Waals surface area contributed by atoms with Crippen molar-refractivity contribution in [2.75, 3.05) is 0 Å². The van der Waals surface area contributed by atoms with E-state index in [0.717, 1.165) is 11.1 Å². The zero-order valence-corrected chi connectivity index (χ0v) is 14.2. The lowest BCUT2D eigenvalue weighted by Crippen LogP contribution is -2.01. The maximum absolute atomic E-state index is 12.5. The predicted molar refractivity (Wildman–Crippen MR) is 97.3 cm³/mol. The van der Waals surface area contributed by atoms with Crippen molar-refractivity contribution in [2.24, 2.45) is 5.41 Å². The quantitative estimate of drug-likeness (QED) is 0.428. The third kappa shape index (κ3) is 5.27. The minimum Gasteiger partial charge on any atom is -0.289 e. The molecule has 0 aliphatic rings. The smallest absolute Gasteiger partial charge is 0.187 e. The molecule has 116 valence electrons. The Kier molecular flexibility index (Phi) is 5.19. The molecule has 0 bridgehead atoms. The largest absolute Gasteiger partial charge is 0.289 e. The van der Waals surface area contributed by atoms with Gasteiger partial charge >= 0.3 is 0 Å². The van der Waals surface area contributed by atoms with Crippen LogP contribution in [-0.2, 0) is 0 Å². The zero-order chi connectivity index (χ0) is 16.9. The van der Waals surface area contributed by atoms with Gasteiger partial charge in [0.05, 0.1) is 0 Å². The summed E-state index contributed by atoms with van der Waals surface area (Å²) in [4.78, 5) is 12.5. The molecule has 0 aliphatic carbocycles. The van der Waals surface area contributed by atoms with Gasteiger partial charge < -0.3 is 0 Å². The molecule has 0 unspecified atom stereocenters. The molecule has 23 heavy (non-hydrogen) atoms. The molecule has 0 amide bonds. The number of carbonyl (C=O) groups excluding carboxylic acids is 1. The summed E-state index contributed by atoms with van der Waals surface area (Å²) >= 11 is 0. The van der Waals surface area contributed by atoms with Crippen molar-refractivity contribution in [3.8, 4) is 11.8 Å². The molecule has 0 heterocycles. The lowest BCUT2D eigenvalue weighted by atomic mass is 9.96. The zero-order valence-electron chi connectivity index (χ0n) is 14.2. The fraction of sp³-hybridized carbons (Fsp3) is 0.227. The molecule has 0 saturated heterocycles. The second-order valence-corrected chi connectivity index (χ2v) is 6.65. The molecule has 0 aromatic heterocycles. The van der Waals surface area contributed by atoms with Crippen LogP contribution in [0.5, 0.6) is 0 Å². The normalized spacial score (nSPS) is 11.1. The van der Waals surface area contributed by atoms with Crippen molar-refractivity contribution in [2.45, 2.75) is 27.7 Å². The molecule has 1 heteroatoms. The fourth-order valence-electron chi connectivity index (χ4n) is 2.00. The van der Waals surface area contributed by atoms with E-state index in [0.29, 0.717) is 5.56 Å². The van der Waals surface area contributed by atoms with Gasteiger partial charge in [-0.3, -0.25) is 4.79 Å².